The molecule has 1 aliphatic rings. The van der Waals surface area contributed by atoms with Crippen LogP contribution in [0.25, 0.3) is 11.4 Å². The van der Waals surface area contributed by atoms with Crippen molar-refractivity contribution in [2.45, 2.75) is 26.5 Å². The number of aromatic amines is 1. The van der Waals surface area contributed by atoms with Gasteiger partial charge in [0.25, 0.3) is 0 Å². The van der Waals surface area contributed by atoms with Gasteiger partial charge < -0.3 is 14.5 Å². The molecule has 162 valence electrons. The lowest BCUT2D eigenvalue weighted by molar-refractivity contribution is -0.131. The molecule has 0 saturated heterocycles. The lowest BCUT2D eigenvalue weighted by atomic mass is 10.1. The van der Waals surface area contributed by atoms with Crippen molar-refractivity contribution in [3.8, 4) is 17.1 Å². The van der Waals surface area contributed by atoms with Gasteiger partial charge in [0.2, 0.25) is 5.91 Å². The number of carbonyl (C=O) groups is 1. The first kappa shape index (κ1) is 21.1. The number of nitrogens with one attached hydrogen (secondary N) is 1. The minimum Gasteiger partial charge on any atom is -0.485 e. The quantitative estimate of drug-likeness (QED) is 0.596. The lowest BCUT2D eigenvalue weighted by Crippen LogP contribution is -2.47. The van der Waals surface area contributed by atoms with Crippen molar-refractivity contribution in [2.24, 2.45) is 0 Å². The molecule has 1 aliphatic heterocycles. The Morgan fingerprint density at radius 3 is 2.87 bits per heavy atom. The summed E-state index contributed by atoms with van der Waals surface area (Å²) in [6, 6.07) is 16.0. The van der Waals surface area contributed by atoms with Crippen LogP contribution in [0.15, 0.2) is 48.5 Å². The first-order valence-corrected chi connectivity index (χ1v) is 10.8. The van der Waals surface area contributed by atoms with E-state index in [1.807, 2.05) is 49.4 Å². The fraction of sp³-hybridized carbons (Fsp3) is 0.348. The molecule has 8 heteroatoms. The monoisotopic (exact) mass is 437 g/mol. The summed E-state index contributed by atoms with van der Waals surface area (Å²) < 4.78 is 8.35. The molecule has 0 fully saturated rings. The fourth-order valence-electron chi connectivity index (χ4n) is 3.91. The van der Waals surface area contributed by atoms with E-state index in [0.29, 0.717) is 17.1 Å². The maximum atomic E-state index is 13.0. The van der Waals surface area contributed by atoms with E-state index >= 15 is 0 Å². The zero-order valence-electron chi connectivity index (χ0n) is 18.0. The average molecular weight is 438 g/mol. The minimum atomic E-state index is -0.0997. The zero-order chi connectivity index (χ0) is 22.0. The van der Waals surface area contributed by atoms with Crippen LogP contribution in [0.5, 0.6) is 5.75 Å². The Hall–Kier alpha value is -3.13. The van der Waals surface area contributed by atoms with Gasteiger partial charge in [0.05, 0.1) is 18.8 Å². The Kier molecular flexibility index (Phi) is 6.08. The number of likely N-dealkylation sites (N-methyl/N-ethyl adjacent to an activating group) is 2. The second-order valence-electron chi connectivity index (χ2n) is 7.83. The summed E-state index contributed by atoms with van der Waals surface area (Å²) in [5.74, 6) is 1.48. The number of hydrogen-bond acceptors (Lipinski definition) is 5. The van der Waals surface area contributed by atoms with E-state index in [9.17, 15) is 4.79 Å². The molecule has 2 heterocycles. The molecule has 3 aromatic rings. The van der Waals surface area contributed by atoms with Crippen LogP contribution in [-0.2, 0) is 11.3 Å². The average Bonchev–Trinajstić information content (AvgIpc) is 3.13. The van der Waals surface area contributed by atoms with Crippen LogP contribution in [0, 0.1) is 11.7 Å². The maximum absolute atomic E-state index is 13.0. The minimum absolute atomic E-state index is 0.0445. The standard InChI is InChI=1S/C23H27N5O2S/c1-4-27-14-18(30-20-11-6-5-10-19(20)27)13-26(3)21(29)15-28-22(24-25-23(28)31)17-9-7-8-16(2)12-17/h5-12,18H,4,13-15H2,1-3H3,(H,25,31). The Bertz CT molecular complexity index is 1140. The first-order chi connectivity index (χ1) is 15.0. The van der Waals surface area contributed by atoms with E-state index in [2.05, 4.69) is 28.1 Å². The van der Waals surface area contributed by atoms with Gasteiger partial charge in [0.15, 0.2) is 10.6 Å². The molecule has 1 N–H and O–H groups in total. The van der Waals surface area contributed by atoms with Crippen LogP contribution in [-0.4, -0.2) is 58.4 Å². The van der Waals surface area contributed by atoms with Crippen molar-refractivity contribution in [1.82, 2.24) is 19.7 Å². The fourth-order valence-corrected chi connectivity index (χ4v) is 4.10. The van der Waals surface area contributed by atoms with Gasteiger partial charge in [-0.15, -0.1) is 0 Å². The number of aromatic nitrogens is 3. The van der Waals surface area contributed by atoms with E-state index in [-0.39, 0.29) is 18.6 Å². The largest absolute Gasteiger partial charge is 0.485 e. The molecule has 0 bridgehead atoms. The molecule has 0 spiro atoms. The predicted octanol–water partition coefficient (Wildman–Crippen LogP) is 3.66. The summed E-state index contributed by atoms with van der Waals surface area (Å²) in [6.45, 7) is 6.39. The maximum Gasteiger partial charge on any atom is 0.242 e. The highest BCUT2D eigenvalue weighted by Gasteiger charge is 2.27. The van der Waals surface area contributed by atoms with E-state index in [0.717, 1.165) is 35.7 Å². The lowest BCUT2D eigenvalue weighted by Gasteiger charge is -2.37. The van der Waals surface area contributed by atoms with Gasteiger partial charge in [-0.05, 0) is 44.3 Å². The summed E-state index contributed by atoms with van der Waals surface area (Å²) in [5.41, 5.74) is 3.15. The van der Waals surface area contributed by atoms with Crippen LogP contribution >= 0.6 is 12.2 Å². The van der Waals surface area contributed by atoms with Crippen LogP contribution in [0.2, 0.25) is 0 Å². The molecular formula is C23H27N5O2S. The molecule has 0 saturated carbocycles. The number of H-pyrrole nitrogens is 1. The SMILES string of the molecule is CCN1CC(CN(C)C(=O)Cn2c(-c3cccc(C)c3)n[nH]c2=S)Oc2ccccc21. The summed E-state index contributed by atoms with van der Waals surface area (Å²) in [4.78, 5) is 17.0. The van der Waals surface area contributed by atoms with E-state index in [1.54, 1.807) is 16.5 Å². The molecule has 1 atom stereocenters. The third-order valence-electron chi connectivity index (χ3n) is 5.54. The number of rotatable bonds is 6. The number of benzene rings is 2. The van der Waals surface area contributed by atoms with E-state index < -0.39 is 0 Å². The highest BCUT2D eigenvalue weighted by molar-refractivity contribution is 7.71. The van der Waals surface area contributed by atoms with Crippen molar-refractivity contribution in [2.75, 3.05) is 31.6 Å². The predicted molar refractivity (Wildman–Crippen MR) is 124 cm³/mol. The van der Waals surface area contributed by atoms with Crippen LogP contribution in [0.3, 0.4) is 0 Å². The van der Waals surface area contributed by atoms with Crippen molar-refractivity contribution < 1.29 is 9.53 Å². The second kappa shape index (κ2) is 8.93. The third-order valence-corrected chi connectivity index (χ3v) is 5.85. The Morgan fingerprint density at radius 1 is 1.29 bits per heavy atom. The number of fused-ring (bicyclic) bond motifs is 1. The normalized spacial score (nSPS) is 15.3. The van der Waals surface area contributed by atoms with Crippen molar-refractivity contribution in [1.29, 1.82) is 0 Å². The van der Waals surface area contributed by atoms with Crippen molar-refractivity contribution >= 4 is 23.8 Å². The number of anilines is 1. The van der Waals surface area contributed by atoms with Gasteiger partial charge in [0, 0.05) is 19.2 Å². The molecule has 4 rings (SSSR count). The molecule has 31 heavy (non-hydrogen) atoms. The van der Waals surface area contributed by atoms with Crippen LogP contribution in [0.4, 0.5) is 5.69 Å². The second-order valence-corrected chi connectivity index (χ2v) is 8.22. The number of aryl methyl sites for hydroxylation is 1. The smallest absolute Gasteiger partial charge is 0.242 e. The molecule has 0 radical (unpaired) electrons. The van der Waals surface area contributed by atoms with Crippen molar-refractivity contribution in [3.63, 3.8) is 0 Å². The number of carbonyl (C=O) groups excluding carboxylic acids is 1. The number of para-hydroxylation sites is 2. The number of ether oxygens (including phenoxy) is 1. The van der Waals surface area contributed by atoms with Gasteiger partial charge in [-0.1, -0.05) is 35.9 Å². The summed E-state index contributed by atoms with van der Waals surface area (Å²) in [5, 5.41) is 7.16. The number of hydrogen-bond donors (Lipinski definition) is 1. The number of amides is 1. The molecule has 1 amide bonds. The molecule has 0 aliphatic carbocycles. The first-order valence-electron chi connectivity index (χ1n) is 10.4. The summed E-state index contributed by atoms with van der Waals surface area (Å²) in [7, 11) is 1.80. The van der Waals surface area contributed by atoms with Gasteiger partial charge in [-0.2, -0.15) is 5.10 Å². The van der Waals surface area contributed by atoms with Gasteiger partial charge >= 0.3 is 0 Å². The van der Waals surface area contributed by atoms with E-state index in [4.69, 9.17) is 17.0 Å². The highest BCUT2D eigenvalue weighted by Crippen LogP contribution is 2.32. The van der Waals surface area contributed by atoms with Gasteiger partial charge in [-0.25, -0.2) is 0 Å². The van der Waals surface area contributed by atoms with Crippen LogP contribution < -0.4 is 9.64 Å². The Labute approximate surface area is 187 Å². The summed E-state index contributed by atoms with van der Waals surface area (Å²) >= 11 is 5.39. The summed E-state index contributed by atoms with van der Waals surface area (Å²) in [6.07, 6.45) is -0.0997. The van der Waals surface area contributed by atoms with E-state index in [1.165, 1.54) is 0 Å². The molecular weight excluding hydrogens is 410 g/mol. The molecule has 1 unspecified atom stereocenters. The third kappa shape index (κ3) is 4.49. The number of nitrogens with zero attached hydrogens (tertiary/aromatic N) is 4. The van der Waals surface area contributed by atoms with Crippen molar-refractivity contribution in [3.05, 3.63) is 58.9 Å². The van der Waals surface area contributed by atoms with Gasteiger partial charge in [0.1, 0.15) is 18.4 Å². The van der Waals surface area contributed by atoms with Gasteiger partial charge in [-0.3, -0.25) is 14.5 Å². The molecule has 1 aromatic heterocycles. The Balaban J connectivity index is 1.47. The molecule has 2 aromatic carbocycles. The zero-order valence-corrected chi connectivity index (χ0v) is 18.9. The van der Waals surface area contributed by atoms with Crippen LogP contribution in [0.1, 0.15) is 12.5 Å². The topological polar surface area (TPSA) is 66.4 Å². The molecule has 7 nitrogen and oxygen atoms in total. The highest BCUT2D eigenvalue weighted by atomic mass is 32.1. The Morgan fingerprint density at radius 2 is 2.10 bits per heavy atom.